The number of thioether (sulfide) groups is 1. The highest BCUT2D eigenvalue weighted by Crippen LogP contribution is 2.37. The summed E-state index contributed by atoms with van der Waals surface area (Å²) < 4.78 is 5.60. The number of amidine groups is 1. The normalized spacial score (nSPS) is 19.2. The zero-order valence-electron chi connectivity index (χ0n) is 11.2. The lowest BCUT2D eigenvalue weighted by Crippen LogP contribution is -2.23. The van der Waals surface area contributed by atoms with Gasteiger partial charge in [0.05, 0.1) is 16.5 Å². The Morgan fingerprint density at radius 1 is 1.50 bits per heavy atom. The highest BCUT2D eigenvalue weighted by molar-refractivity contribution is 9.10. The number of amides is 1. The number of hydrogen-bond donors (Lipinski definition) is 1. The van der Waals surface area contributed by atoms with Gasteiger partial charge in [0.1, 0.15) is 0 Å². The van der Waals surface area contributed by atoms with Crippen molar-refractivity contribution < 1.29 is 14.6 Å². The van der Waals surface area contributed by atoms with E-state index in [0.29, 0.717) is 20.3 Å². The SMILES string of the molecule is CN=C1S/C(=C\c2cc(Br)c(O)c(OC)c2)C(=O)N1C. The molecule has 0 bridgehead atoms. The Labute approximate surface area is 129 Å². The van der Waals surface area contributed by atoms with Crippen molar-refractivity contribution in [3.63, 3.8) is 0 Å². The summed E-state index contributed by atoms with van der Waals surface area (Å²) in [5.74, 6) is 0.283. The number of aliphatic imine (C=N–C) groups is 1. The molecule has 0 unspecified atom stereocenters. The average molecular weight is 357 g/mol. The number of carbonyl (C=O) groups excluding carboxylic acids is 1. The minimum atomic E-state index is -0.0984. The van der Waals surface area contributed by atoms with Gasteiger partial charge in [-0.15, -0.1) is 0 Å². The standard InChI is InChI=1S/C13H13BrN2O3S/c1-15-13-16(2)12(18)10(20-13)6-7-4-8(14)11(17)9(5-7)19-3/h4-6,17H,1-3H3/b10-6-,15-13?. The number of phenolic OH excluding ortho intramolecular Hbond substituents is 1. The first-order valence-electron chi connectivity index (χ1n) is 5.68. The van der Waals surface area contributed by atoms with Crippen molar-refractivity contribution in [3.8, 4) is 11.5 Å². The van der Waals surface area contributed by atoms with Gasteiger partial charge in [-0.2, -0.15) is 0 Å². The molecule has 1 N–H and O–H groups in total. The summed E-state index contributed by atoms with van der Waals surface area (Å²) in [5.41, 5.74) is 0.758. The van der Waals surface area contributed by atoms with Crippen LogP contribution in [-0.2, 0) is 4.79 Å². The molecule has 1 heterocycles. The maximum atomic E-state index is 12.0. The van der Waals surface area contributed by atoms with Crippen LogP contribution in [0.4, 0.5) is 0 Å². The van der Waals surface area contributed by atoms with Crippen LogP contribution in [-0.4, -0.2) is 42.3 Å². The number of rotatable bonds is 2. The lowest BCUT2D eigenvalue weighted by molar-refractivity contribution is -0.121. The number of methoxy groups -OCH3 is 1. The lowest BCUT2D eigenvalue weighted by atomic mass is 10.2. The molecule has 1 aromatic carbocycles. The quantitative estimate of drug-likeness (QED) is 0.827. The van der Waals surface area contributed by atoms with Crippen LogP contribution in [0.1, 0.15) is 5.56 Å². The van der Waals surface area contributed by atoms with E-state index in [1.807, 2.05) is 0 Å². The molecule has 0 saturated carbocycles. The lowest BCUT2D eigenvalue weighted by Gasteiger charge is -2.07. The summed E-state index contributed by atoms with van der Waals surface area (Å²) in [4.78, 5) is 18.2. The molecule has 7 heteroatoms. The first-order valence-corrected chi connectivity index (χ1v) is 7.29. The van der Waals surface area contributed by atoms with Gasteiger partial charge in [0, 0.05) is 14.1 Å². The summed E-state index contributed by atoms with van der Waals surface area (Å²) in [5, 5.41) is 10.4. The van der Waals surface area contributed by atoms with Gasteiger partial charge in [0.15, 0.2) is 16.7 Å². The van der Waals surface area contributed by atoms with Gasteiger partial charge in [0.25, 0.3) is 5.91 Å². The Bertz CT molecular complexity index is 628. The number of aromatic hydroxyl groups is 1. The van der Waals surface area contributed by atoms with Crippen LogP contribution in [0, 0.1) is 0 Å². The molecular weight excluding hydrogens is 344 g/mol. The van der Waals surface area contributed by atoms with E-state index >= 15 is 0 Å². The van der Waals surface area contributed by atoms with Crippen LogP contribution in [0.2, 0.25) is 0 Å². The van der Waals surface area contributed by atoms with Gasteiger partial charge in [-0.3, -0.25) is 14.7 Å². The number of benzene rings is 1. The van der Waals surface area contributed by atoms with Gasteiger partial charge < -0.3 is 9.84 Å². The maximum Gasteiger partial charge on any atom is 0.266 e. The summed E-state index contributed by atoms with van der Waals surface area (Å²) >= 11 is 4.57. The predicted octanol–water partition coefficient (Wildman–Crippen LogP) is 2.70. The molecule has 0 aromatic heterocycles. The summed E-state index contributed by atoms with van der Waals surface area (Å²) in [7, 11) is 4.81. The van der Waals surface area contributed by atoms with E-state index < -0.39 is 0 Å². The van der Waals surface area contributed by atoms with Crippen molar-refractivity contribution in [3.05, 3.63) is 27.1 Å². The monoisotopic (exact) mass is 356 g/mol. The highest BCUT2D eigenvalue weighted by atomic mass is 79.9. The van der Waals surface area contributed by atoms with Crippen molar-refractivity contribution in [2.45, 2.75) is 0 Å². The van der Waals surface area contributed by atoms with Crippen molar-refractivity contribution in [2.75, 3.05) is 21.2 Å². The number of hydrogen-bond acceptors (Lipinski definition) is 5. The molecule has 5 nitrogen and oxygen atoms in total. The largest absolute Gasteiger partial charge is 0.503 e. The van der Waals surface area contributed by atoms with E-state index in [1.54, 1.807) is 32.3 Å². The zero-order chi connectivity index (χ0) is 14.9. The maximum absolute atomic E-state index is 12.0. The fraction of sp³-hybridized carbons (Fsp3) is 0.231. The van der Waals surface area contributed by atoms with E-state index in [1.165, 1.54) is 23.8 Å². The second-order valence-electron chi connectivity index (χ2n) is 4.03. The van der Waals surface area contributed by atoms with Gasteiger partial charge in [0.2, 0.25) is 0 Å². The van der Waals surface area contributed by atoms with Gasteiger partial charge >= 0.3 is 0 Å². The Hall–Kier alpha value is -1.47. The number of carbonyl (C=O) groups is 1. The van der Waals surface area contributed by atoms with E-state index in [2.05, 4.69) is 20.9 Å². The number of phenols is 1. The number of ether oxygens (including phenoxy) is 1. The van der Waals surface area contributed by atoms with Crippen LogP contribution in [0.15, 0.2) is 26.5 Å². The molecule has 1 amide bonds. The van der Waals surface area contributed by atoms with Crippen LogP contribution in [0.25, 0.3) is 6.08 Å². The second-order valence-corrected chi connectivity index (χ2v) is 5.90. The first-order chi connectivity index (χ1) is 9.47. The Morgan fingerprint density at radius 3 is 2.75 bits per heavy atom. The minimum absolute atomic E-state index is 0.0352. The minimum Gasteiger partial charge on any atom is -0.503 e. The third-order valence-electron chi connectivity index (χ3n) is 2.76. The van der Waals surface area contributed by atoms with Gasteiger partial charge in [-0.1, -0.05) is 0 Å². The van der Waals surface area contributed by atoms with Crippen molar-refractivity contribution in [1.29, 1.82) is 0 Å². The molecule has 1 aliphatic rings. The third kappa shape index (κ3) is 2.69. The number of likely N-dealkylation sites (N-methyl/N-ethyl adjacent to an activating group) is 1. The second kappa shape index (κ2) is 5.88. The highest BCUT2D eigenvalue weighted by Gasteiger charge is 2.29. The molecule has 1 saturated heterocycles. The van der Waals surface area contributed by atoms with Crippen LogP contribution in [0.5, 0.6) is 11.5 Å². The summed E-state index contributed by atoms with van der Waals surface area (Å²) in [6.07, 6.45) is 1.74. The summed E-state index contributed by atoms with van der Waals surface area (Å²) in [6.45, 7) is 0. The topological polar surface area (TPSA) is 62.1 Å². The molecule has 0 atom stereocenters. The summed E-state index contributed by atoms with van der Waals surface area (Å²) in [6, 6.07) is 3.39. The fourth-order valence-electron chi connectivity index (χ4n) is 1.73. The van der Waals surface area contributed by atoms with Gasteiger partial charge in [-0.05, 0) is 51.5 Å². The number of halogens is 1. The van der Waals surface area contributed by atoms with Crippen molar-refractivity contribution in [2.24, 2.45) is 4.99 Å². The van der Waals surface area contributed by atoms with Crippen molar-refractivity contribution >= 4 is 44.8 Å². The van der Waals surface area contributed by atoms with E-state index in [-0.39, 0.29) is 11.7 Å². The number of nitrogens with zero attached hydrogens (tertiary/aromatic N) is 2. The van der Waals surface area contributed by atoms with Crippen LogP contribution >= 0.6 is 27.7 Å². The van der Waals surface area contributed by atoms with E-state index in [9.17, 15) is 9.90 Å². The smallest absolute Gasteiger partial charge is 0.266 e. The first kappa shape index (κ1) is 14.9. The fourth-order valence-corrected chi connectivity index (χ4v) is 3.12. The Kier molecular flexibility index (Phi) is 4.39. The molecule has 0 radical (unpaired) electrons. The molecule has 1 aromatic rings. The molecule has 0 spiro atoms. The molecule has 1 aliphatic heterocycles. The third-order valence-corrected chi connectivity index (χ3v) is 4.52. The molecule has 20 heavy (non-hydrogen) atoms. The van der Waals surface area contributed by atoms with Crippen LogP contribution < -0.4 is 4.74 Å². The molecule has 0 aliphatic carbocycles. The van der Waals surface area contributed by atoms with Crippen molar-refractivity contribution in [1.82, 2.24) is 4.90 Å². The molecule has 106 valence electrons. The predicted molar refractivity (Wildman–Crippen MR) is 84.1 cm³/mol. The Morgan fingerprint density at radius 2 is 2.20 bits per heavy atom. The Balaban J connectivity index is 2.42. The average Bonchev–Trinajstić information content (AvgIpc) is 2.70. The van der Waals surface area contributed by atoms with E-state index in [4.69, 9.17) is 4.74 Å². The zero-order valence-corrected chi connectivity index (χ0v) is 13.6. The molecule has 1 fully saturated rings. The van der Waals surface area contributed by atoms with Crippen LogP contribution in [0.3, 0.4) is 0 Å². The molecular formula is C13H13BrN2O3S. The van der Waals surface area contributed by atoms with E-state index in [0.717, 1.165) is 5.56 Å². The van der Waals surface area contributed by atoms with Gasteiger partial charge in [-0.25, -0.2) is 0 Å². The molecule has 2 rings (SSSR count).